The molecule has 15 heavy (non-hydrogen) atoms. The van der Waals surface area contributed by atoms with Crippen LogP contribution in [0.4, 0.5) is 0 Å². The fourth-order valence-corrected chi connectivity index (χ4v) is 1.21. The summed E-state index contributed by atoms with van der Waals surface area (Å²) in [5, 5.41) is 2.76. The minimum Gasteiger partial charge on any atom is -0.376 e. The summed E-state index contributed by atoms with van der Waals surface area (Å²) in [6.45, 7) is 5.91. The molecular formula is C10H20N2O3. The highest BCUT2D eigenvalue weighted by molar-refractivity contribution is 5.81. The smallest absolute Gasteiger partial charge is 0.251 e. The molecule has 5 heteroatoms. The zero-order valence-electron chi connectivity index (χ0n) is 9.36. The van der Waals surface area contributed by atoms with E-state index in [1.165, 1.54) is 0 Å². The molecule has 0 aliphatic carbocycles. The standard InChI is InChI=1S/C10H20N2O3/c1-7(2)8(11)5-12-10(13)9-6-14-3-4-15-9/h7-9H,3-6,11H2,1-2H3,(H,12,13). The number of hydrogen-bond donors (Lipinski definition) is 2. The maximum absolute atomic E-state index is 11.6. The number of amides is 1. The van der Waals surface area contributed by atoms with Crippen LogP contribution in [-0.4, -0.2) is 44.4 Å². The van der Waals surface area contributed by atoms with Crippen molar-refractivity contribution in [3.05, 3.63) is 0 Å². The molecule has 1 heterocycles. The van der Waals surface area contributed by atoms with Crippen molar-refractivity contribution < 1.29 is 14.3 Å². The largest absolute Gasteiger partial charge is 0.376 e. The van der Waals surface area contributed by atoms with Gasteiger partial charge in [-0.05, 0) is 5.92 Å². The van der Waals surface area contributed by atoms with Gasteiger partial charge in [-0.2, -0.15) is 0 Å². The number of nitrogens with one attached hydrogen (secondary N) is 1. The molecule has 2 unspecified atom stereocenters. The van der Waals surface area contributed by atoms with Crippen molar-refractivity contribution in [3.8, 4) is 0 Å². The van der Waals surface area contributed by atoms with E-state index in [4.69, 9.17) is 15.2 Å². The molecule has 88 valence electrons. The molecule has 1 amide bonds. The Balaban J connectivity index is 2.22. The highest BCUT2D eigenvalue weighted by atomic mass is 16.6. The van der Waals surface area contributed by atoms with Crippen LogP contribution in [0.3, 0.4) is 0 Å². The summed E-state index contributed by atoms with van der Waals surface area (Å²) in [7, 11) is 0. The molecule has 0 radical (unpaired) electrons. The molecule has 0 aromatic rings. The summed E-state index contributed by atoms with van der Waals surface area (Å²) in [5.41, 5.74) is 5.81. The van der Waals surface area contributed by atoms with Gasteiger partial charge in [0.2, 0.25) is 0 Å². The predicted octanol–water partition coefficient (Wildman–Crippen LogP) is -0.499. The molecule has 0 spiro atoms. The summed E-state index contributed by atoms with van der Waals surface area (Å²) in [4.78, 5) is 11.6. The summed E-state index contributed by atoms with van der Waals surface area (Å²) in [6, 6.07) is -0.0153. The van der Waals surface area contributed by atoms with Gasteiger partial charge >= 0.3 is 0 Å². The van der Waals surface area contributed by atoms with Crippen molar-refractivity contribution in [3.63, 3.8) is 0 Å². The van der Waals surface area contributed by atoms with Crippen LogP contribution in [0.15, 0.2) is 0 Å². The summed E-state index contributed by atoms with van der Waals surface area (Å²) in [5.74, 6) is 0.222. The Morgan fingerprint density at radius 2 is 2.27 bits per heavy atom. The van der Waals surface area contributed by atoms with Crippen molar-refractivity contribution >= 4 is 5.91 Å². The number of carbonyl (C=O) groups is 1. The van der Waals surface area contributed by atoms with Gasteiger partial charge in [0, 0.05) is 12.6 Å². The van der Waals surface area contributed by atoms with Gasteiger partial charge in [0.05, 0.1) is 19.8 Å². The molecule has 1 saturated heterocycles. The fourth-order valence-electron chi connectivity index (χ4n) is 1.21. The van der Waals surface area contributed by atoms with Crippen LogP contribution in [0.25, 0.3) is 0 Å². The summed E-state index contributed by atoms with van der Waals surface area (Å²) >= 11 is 0. The first-order valence-electron chi connectivity index (χ1n) is 5.34. The van der Waals surface area contributed by atoms with Crippen molar-refractivity contribution in [2.45, 2.75) is 26.0 Å². The van der Waals surface area contributed by atoms with Crippen LogP contribution in [0, 0.1) is 5.92 Å². The number of ether oxygens (including phenoxy) is 2. The van der Waals surface area contributed by atoms with E-state index < -0.39 is 6.10 Å². The van der Waals surface area contributed by atoms with Crippen LogP contribution >= 0.6 is 0 Å². The minimum absolute atomic E-state index is 0.0153. The Kier molecular flexibility index (Phi) is 5.01. The van der Waals surface area contributed by atoms with Gasteiger partial charge in [-0.25, -0.2) is 0 Å². The molecule has 1 rings (SSSR count). The SMILES string of the molecule is CC(C)C(N)CNC(=O)C1COCCO1. The van der Waals surface area contributed by atoms with Crippen LogP contribution < -0.4 is 11.1 Å². The zero-order chi connectivity index (χ0) is 11.3. The Hall–Kier alpha value is -0.650. The van der Waals surface area contributed by atoms with Crippen LogP contribution in [0.2, 0.25) is 0 Å². The maximum atomic E-state index is 11.6. The van der Waals surface area contributed by atoms with Crippen molar-refractivity contribution in [1.82, 2.24) is 5.32 Å². The molecular weight excluding hydrogens is 196 g/mol. The molecule has 3 N–H and O–H groups in total. The van der Waals surface area contributed by atoms with E-state index in [2.05, 4.69) is 5.32 Å². The molecule has 2 atom stereocenters. The van der Waals surface area contributed by atoms with E-state index in [0.29, 0.717) is 32.3 Å². The number of rotatable bonds is 4. The fraction of sp³-hybridized carbons (Fsp3) is 0.900. The van der Waals surface area contributed by atoms with Gasteiger partial charge in [0.1, 0.15) is 0 Å². The van der Waals surface area contributed by atoms with E-state index in [1.54, 1.807) is 0 Å². The van der Waals surface area contributed by atoms with E-state index >= 15 is 0 Å². The van der Waals surface area contributed by atoms with E-state index in [1.807, 2.05) is 13.8 Å². The highest BCUT2D eigenvalue weighted by Gasteiger charge is 2.22. The second kappa shape index (κ2) is 6.05. The Morgan fingerprint density at radius 3 is 2.80 bits per heavy atom. The number of hydrogen-bond acceptors (Lipinski definition) is 4. The molecule has 1 fully saturated rings. The van der Waals surface area contributed by atoms with Crippen LogP contribution in [0.1, 0.15) is 13.8 Å². The maximum Gasteiger partial charge on any atom is 0.251 e. The van der Waals surface area contributed by atoms with Crippen molar-refractivity contribution in [2.75, 3.05) is 26.4 Å². The number of carbonyl (C=O) groups excluding carboxylic acids is 1. The summed E-state index contributed by atoms with van der Waals surface area (Å²) < 4.78 is 10.4. The Labute approximate surface area is 90.3 Å². The van der Waals surface area contributed by atoms with E-state index in [9.17, 15) is 4.79 Å². The van der Waals surface area contributed by atoms with Gasteiger partial charge < -0.3 is 20.5 Å². The third-order valence-corrected chi connectivity index (χ3v) is 2.48. The zero-order valence-corrected chi connectivity index (χ0v) is 9.36. The van der Waals surface area contributed by atoms with E-state index in [0.717, 1.165) is 0 Å². The lowest BCUT2D eigenvalue weighted by Gasteiger charge is -2.23. The average Bonchev–Trinajstić information content (AvgIpc) is 2.26. The van der Waals surface area contributed by atoms with Gasteiger partial charge in [-0.3, -0.25) is 4.79 Å². The molecule has 0 aromatic carbocycles. The van der Waals surface area contributed by atoms with Gasteiger partial charge in [0.25, 0.3) is 5.91 Å². The molecule has 5 nitrogen and oxygen atoms in total. The number of nitrogens with two attached hydrogens (primary N) is 1. The van der Waals surface area contributed by atoms with Crippen molar-refractivity contribution in [1.29, 1.82) is 0 Å². The highest BCUT2D eigenvalue weighted by Crippen LogP contribution is 2.01. The lowest BCUT2D eigenvalue weighted by atomic mass is 10.1. The topological polar surface area (TPSA) is 73.6 Å². The quantitative estimate of drug-likeness (QED) is 0.664. The van der Waals surface area contributed by atoms with Crippen LogP contribution in [0.5, 0.6) is 0 Å². The molecule has 0 aromatic heterocycles. The van der Waals surface area contributed by atoms with Gasteiger partial charge in [-0.1, -0.05) is 13.8 Å². The van der Waals surface area contributed by atoms with Crippen LogP contribution in [-0.2, 0) is 14.3 Å². The lowest BCUT2D eigenvalue weighted by Crippen LogP contribution is -2.47. The molecule has 1 aliphatic rings. The monoisotopic (exact) mass is 216 g/mol. The Bertz CT molecular complexity index is 203. The first-order valence-corrected chi connectivity index (χ1v) is 5.34. The lowest BCUT2D eigenvalue weighted by molar-refractivity contribution is -0.147. The first kappa shape index (κ1) is 12.4. The third-order valence-electron chi connectivity index (χ3n) is 2.48. The normalized spacial score (nSPS) is 23.9. The van der Waals surface area contributed by atoms with Crippen molar-refractivity contribution in [2.24, 2.45) is 11.7 Å². The first-order chi connectivity index (χ1) is 7.11. The molecule has 1 aliphatic heterocycles. The minimum atomic E-state index is -0.474. The molecule has 0 saturated carbocycles. The molecule has 0 bridgehead atoms. The Morgan fingerprint density at radius 1 is 1.53 bits per heavy atom. The second-order valence-electron chi connectivity index (χ2n) is 4.09. The third kappa shape index (κ3) is 4.15. The van der Waals surface area contributed by atoms with Gasteiger partial charge in [0.15, 0.2) is 6.10 Å². The summed E-state index contributed by atoms with van der Waals surface area (Å²) in [6.07, 6.45) is -0.474. The average molecular weight is 216 g/mol. The predicted molar refractivity (Wildman–Crippen MR) is 56.4 cm³/mol. The second-order valence-corrected chi connectivity index (χ2v) is 4.09. The van der Waals surface area contributed by atoms with Gasteiger partial charge in [-0.15, -0.1) is 0 Å². The van der Waals surface area contributed by atoms with E-state index in [-0.39, 0.29) is 11.9 Å².